The molecule has 0 atom stereocenters. The van der Waals surface area contributed by atoms with Gasteiger partial charge in [0.15, 0.2) is 5.75 Å². The van der Waals surface area contributed by atoms with Crippen molar-refractivity contribution in [2.45, 2.75) is 63.2 Å². The molecule has 0 heterocycles. The Morgan fingerprint density at radius 2 is 1.41 bits per heavy atom. The Morgan fingerprint density at radius 1 is 0.828 bits per heavy atom. The molecule has 2 aromatic carbocycles. The first kappa shape index (κ1) is 24.4. The number of esters is 1. The van der Waals surface area contributed by atoms with Gasteiger partial charge in [0, 0.05) is 11.0 Å². The average Bonchev–Trinajstić information content (AvgIpc) is 2.71. The number of rotatable bonds is 12. The molecule has 6 heteroatoms. The summed E-state index contributed by atoms with van der Waals surface area (Å²) in [5.74, 6) is 0.807. The Hall–Kier alpha value is -0.870. The van der Waals surface area contributed by atoms with Crippen LogP contribution in [0.1, 0.15) is 68.6 Å². The van der Waals surface area contributed by atoms with Gasteiger partial charge >= 0.3 is 5.97 Å². The molecule has 158 valence electrons. The third kappa shape index (κ3) is 8.80. The van der Waals surface area contributed by atoms with E-state index in [9.17, 15) is 4.79 Å². The molecule has 0 spiro atoms. The highest BCUT2D eigenvalue weighted by Crippen LogP contribution is 2.34. The number of ether oxygens (including phenoxy) is 1. The Bertz CT molecular complexity index is 778. The van der Waals surface area contributed by atoms with Crippen LogP contribution in [0, 0.1) is 0 Å². The molecule has 0 aliphatic carbocycles. The predicted octanol–water partition coefficient (Wildman–Crippen LogP) is 9.10. The molecular weight excluding hydrogens is 447 g/mol. The lowest BCUT2D eigenvalue weighted by Crippen LogP contribution is -2.08. The van der Waals surface area contributed by atoms with Gasteiger partial charge in [-0.25, -0.2) is 4.79 Å². The molecule has 0 aliphatic heterocycles. The SMILES string of the molecule is CCCCCCCCCCSc1ccc(C(=O)Oc2cc(Cl)c(Cl)cc2Cl)cc1. The van der Waals surface area contributed by atoms with Gasteiger partial charge in [0.25, 0.3) is 0 Å². The van der Waals surface area contributed by atoms with E-state index in [0.717, 1.165) is 10.6 Å². The minimum Gasteiger partial charge on any atom is -0.421 e. The molecule has 0 N–H and O–H groups in total. The predicted molar refractivity (Wildman–Crippen MR) is 126 cm³/mol. The van der Waals surface area contributed by atoms with Gasteiger partial charge in [-0.1, -0.05) is 86.7 Å². The van der Waals surface area contributed by atoms with Gasteiger partial charge in [0.2, 0.25) is 0 Å². The fraction of sp³-hybridized carbons (Fsp3) is 0.435. The van der Waals surface area contributed by atoms with Gasteiger partial charge in [-0.15, -0.1) is 11.8 Å². The summed E-state index contributed by atoms with van der Waals surface area (Å²) in [6, 6.07) is 10.3. The van der Waals surface area contributed by atoms with Crippen LogP contribution in [0.4, 0.5) is 0 Å². The highest BCUT2D eigenvalue weighted by molar-refractivity contribution is 7.99. The molecule has 2 aromatic rings. The maximum absolute atomic E-state index is 12.3. The Morgan fingerprint density at radius 3 is 2.07 bits per heavy atom. The van der Waals surface area contributed by atoms with E-state index < -0.39 is 5.97 Å². The van der Waals surface area contributed by atoms with Crippen LogP contribution in [-0.4, -0.2) is 11.7 Å². The second-order valence-corrected chi connectivity index (χ2v) is 9.32. The van der Waals surface area contributed by atoms with Crippen LogP contribution in [0.3, 0.4) is 0 Å². The molecular formula is C23H27Cl3O2S. The molecule has 0 unspecified atom stereocenters. The standard InChI is InChI=1S/C23H27Cl3O2S/c1-2-3-4-5-6-7-8-9-14-29-18-12-10-17(11-13-18)23(27)28-22-16-20(25)19(24)15-21(22)26/h10-13,15-16H,2-9,14H2,1H3. The van der Waals surface area contributed by atoms with Crippen LogP contribution < -0.4 is 4.74 Å². The summed E-state index contributed by atoms with van der Waals surface area (Å²) in [5.41, 5.74) is 0.462. The number of carbonyl (C=O) groups excluding carboxylic acids is 1. The molecule has 2 nitrogen and oxygen atoms in total. The molecule has 0 amide bonds. The molecule has 0 fully saturated rings. The van der Waals surface area contributed by atoms with Crippen LogP contribution >= 0.6 is 46.6 Å². The molecule has 0 bridgehead atoms. The minimum absolute atomic E-state index is 0.194. The highest BCUT2D eigenvalue weighted by Gasteiger charge is 2.13. The van der Waals surface area contributed by atoms with Gasteiger partial charge in [-0.05, 0) is 42.5 Å². The molecule has 0 aliphatic rings. The Labute approximate surface area is 193 Å². The summed E-state index contributed by atoms with van der Waals surface area (Å²) >= 11 is 19.7. The zero-order chi connectivity index (χ0) is 21.1. The first-order valence-electron chi connectivity index (χ1n) is 10.1. The first-order chi connectivity index (χ1) is 14.0. The number of benzene rings is 2. The second kappa shape index (κ2) is 13.4. The molecule has 0 aromatic heterocycles. The van der Waals surface area contributed by atoms with Crippen molar-refractivity contribution in [3.8, 4) is 5.75 Å². The lowest BCUT2D eigenvalue weighted by Gasteiger charge is -2.08. The number of hydrogen-bond donors (Lipinski definition) is 0. The van der Waals surface area contributed by atoms with Gasteiger partial charge in [-0.3, -0.25) is 0 Å². The average molecular weight is 474 g/mol. The second-order valence-electron chi connectivity index (χ2n) is 6.93. The van der Waals surface area contributed by atoms with Crippen molar-refractivity contribution in [1.82, 2.24) is 0 Å². The zero-order valence-corrected chi connectivity index (χ0v) is 19.8. The van der Waals surface area contributed by atoms with E-state index in [2.05, 4.69) is 6.92 Å². The number of unbranched alkanes of at least 4 members (excludes halogenated alkanes) is 7. The van der Waals surface area contributed by atoms with Crippen molar-refractivity contribution in [3.05, 3.63) is 57.0 Å². The van der Waals surface area contributed by atoms with Crippen molar-refractivity contribution in [2.24, 2.45) is 0 Å². The van der Waals surface area contributed by atoms with Crippen LogP contribution in [0.25, 0.3) is 0 Å². The summed E-state index contributed by atoms with van der Waals surface area (Å²) < 4.78 is 5.35. The number of carbonyl (C=O) groups is 1. The van der Waals surface area contributed by atoms with Crippen LogP contribution in [0.5, 0.6) is 5.75 Å². The Balaban J connectivity index is 1.73. The smallest absolute Gasteiger partial charge is 0.343 e. The van der Waals surface area contributed by atoms with Crippen molar-refractivity contribution in [1.29, 1.82) is 0 Å². The number of halogens is 3. The third-order valence-corrected chi connectivity index (χ3v) is 6.65. The van der Waals surface area contributed by atoms with E-state index in [1.165, 1.54) is 63.5 Å². The first-order valence-corrected chi connectivity index (χ1v) is 12.2. The fourth-order valence-corrected chi connectivity index (χ4v) is 4.34. The largest absolute Gasteiger partial charge is 0.421 e. The van der Waals surface area contributed by atoms with Gasteiger partial charge in [0.1, 0.15) is 0 Å². The van der Waals surface area contributed by atoms with Crippen molar-refractivity contribution in [2.75, 3.05) is 5.75 Å². The molecule has 0 saturated heterocycles. The Kier molecular flexibility index (Phi) is 11.3. The lowest BCUT2D eigenvalue weighted by molar-refractivity contribution is 0.0735. The van der Waals surface area contributed by atoms with Gasteiger partial charge in [-0.2, -0.15) is 0 Å². The molecule has 0 radical (unpaired) electrons. The fourth-order valence-electron chi connectivity index (χ4n) is 2.85. The van der Waals surface area contributed by atoms with Gasteiger partial charge in [0.05, 0.1) is 20.6 Å². The van der Waals surface area contributed by atoms with E-state index in [4.69, 9.17) is 39.5 Å². The van der Waals surface area contributed by atoms with E-state index in [1.54, 1.807) is 12.1 Å². The highest BCUT2D eigenvalue weighted by atomic mass is 35.5. The summed E-state index contributed by atoms with van der Waals surface area (Å²) in [6.07, 6.45) is 10.6. The summed E-state index contributed by atoms with van der Waals surface area (Å²) in [5, 5.41) is 0.839. The summed E-state index contributed by atoms with van der Waals surface area (Å²) in [6.45, 7) is 2.25. The summed E-state index contributed by atoms with van der Waals surface area (Å²) in [7, 11) is 0. The topological polar surface area (TPSA) is 26.3 Å². The van der Waals surface area contributed by atoms with E-state index in [1.807, 2.05) is 23.9 Å². The molecule has 2 rings (SSSR count). The number of thioether (sulfide) groups is 1. The molecule has 0 saturated carbocycles. The van der Waals surface area contributed by atoms with Crippen LogP contribution in [0.15, 0.2) is 41.3 Å². The number of hydrogen-bond acceptors (Lipinski definition) is 3. The van der Waals surface area contributed by atoms with Gasteiger partial charge < -0.3 is 4.74 Å². The monoisotopic (exact) mass is 472 g/mol. The van der Waals surface area contributed by atoms with Crippen LogP contribution in [0.2, 0.25) is 15.1 Å². The molecule has 29 heavy (non-hydrogen) atoms. The van der Waals surface area contributed by atoms with Crippen molar-refractivity contribution in [3.63, 3.8) is 0 Å². The summed E-state index contributed by atoms with van der Waals surface area (Å²) in [4.78, 5) is 13.5. The van der Waals surface area contributed by atoms with Crippen molar-refractivity contribution < 1.29 is 9.53 Å². The minimum atomic E-state index is -0.482. The maximum atomic E-state index is 12.3. The lowest BCUT2D eigenvalue weighted by atomic mass is 10.1. The zero-order valence-electron chi connectivity index (χ0n) is 16.7. The third-order valence-electron chi connectivity index (χ3n) is 4.53. The quantitative estimate of drug-likeness (QED) is 0.101. The maximum Gasteiger partial charge on any atom is 0.343 e. The van der Waals surface area contributed by atoms with E-state index in [-0.39, 0.29) is 15.8 Å². The van der Waals surface area contributed by atoms with E-state index >= 15 is 0 Å². The van der Waals surface area contributed by atoms with Crippen molar-refractivity contribution >= 4 is 52.5 Å². The van der Waals surface area contributed by atoms with E-state index in [0.29, 0.717) is 10.6 Å². The normalized spacial score (nSPS) is 10.9. The van der Waals surface area contributed by atoms with Crippen LogP contribution in [-0.2, 0) is 0 Å².